The van der Waals surface area contributed by atoms with E-state index in [0.29, 0.717) is 12.5 Å². The summed E-state index contributed by atoms with van der Waals surface area (Å²) in [6.07, 6.45) is 0.0104. The predicted molar refractivity (Wildman–Crippen MR) is 107 cm³/mol. The number of rotatable bonds is 8. The zero-order valence-corrected chi connectivity index (χ0v) is 16.5. The lowest BCUT2D eigenvalue weighted by molar-refractivity contribution is -0.123. The highest BCUT2D eigenvalue weighted by Gasteiger charge is 2.20. The Bertz CT molecular complexity index is 625. The maximum Gasteiger partial charge on any atom is 0.223 e. The van der Waals surface area contributed by atoms with Crippen LogP contribution in [0.1, 0.15) is 48.2 Å². The van der Waals surface area contributed by atoms with Crippen molar-refractivity contribution in [3.63, 3.8) is 0 Å². The summed E-state index contributed by atoms with van der Waals surface area (Å²) in [7, 11) is 1.58. The molecule has 0 saturated heterocycles. The Morgan fingerprint density at radius 1 is 1.20 bits per heavy atom. The fourth-order valence-electron chi connectivity index (χ4n) is 2.54. The average molecular weight is 383 g/mol. The van der Waals surface area contributed by atoms with Crippen molar-refractivity contribution in [2.24, 2.45) is 5.73 Å². The zero-order chi connectivity index (χ0) is 17.5. The Morgan fingerprint density at radius 2 is 1.84 bits per heavy atom. The van der Waals surface area contributed by atoms with Crippen molar-refractivity contribution in [1.29, 1.82) is 0 Å². The van der Waals surface area contributed by atoms with Crippen LogP contribution in [0.5, 0.6) is 0 Å². The summed E-state index contributed by atoms with van der Waals surface area (Å²) in [6.45, 7) is 4.67. The summed E-state index contributed by atoms with van der Waals surface area (Å²) in [5, 5.41) is 5.14. The molecule has 0 saturated carbocycles. The van der Waals surface area contributed by atoms with E-state index in [0.717, 1.165) is 10.4 Å². The molecule has 2 atom stereocenters. The number of carbonyl (C=O) groups excluding carboxylic acids is 1. The maximum atomic E-state index is 12.4. The van der Waals surface area contributed by atoms with Crippen LogP contribution in [-0.2, 0) is 9.53 Å². The molecule has 2 rings (SSSR count). The molecule has 0 aliphatic carbocycles. The lowest BCUT2D eigenvalue weighted by Gasteiger charge is -2.20. The number of hydrogen-bond acceptors (Lipinski definition) is 4. The molecular weight excluding hydrogens is 356 g/mol. The Hall–Kier alpha value is -1.40. The van der Waals surface area contributed by atoms with E-state index in [-0.39, 0.29) is 36.9 Å². The van der Waals surface area contributed by atoms with Crippen molar-refractivity contribution in [2.45, 2.75) is 38.3 Å². The second-order valence-corrected chi connectivity index (χ2v) is 7.11. The summed E-state index contributed by atoms with van der Waals surface area (Å²) >= 11 is 1.64. The van der Waals surface area contributed by atoms with Gasteiger partial charge in [0.05, 0.1) is 18.6 Å². The predicted octanol–water partition coefficient (Wildman–Crippen LogP) is 3.86. The molecule has 6 heteroatoms. The number of amides is 1. The van der Waals surface area contributed by atoms with Gasteiger partial charge >= 0.3 is 0 Å². The molecule has 3 N–H and O–H groups in total. The van der Waals surface area contributed by atoms with Gasteiger partial charge in [-0.25, -0.2) is 0 Å². The lowest BCUT2D eigenvalue weighted by Crippen LogP contribution is -2.34. The van der Waals surface area contributed by atoms with Gasteiger partial charge in [-0.15, -0.1) is 23.7 Å². The molecule has 0 fully saturated rings. The molecule has 2 unspecified atom stereocenters. The summed E-state index contributed by atoms with van der Waals surface area (Å²) in [5.41, 5.74) is 7.98. The Morgan fingerprint density at radius 3 is 2.32 bits per heavy atom. The summed E-state index contributed by atoms with van der Waals surface area (Å²) in [5.74, 6) is 0.430. The van der Waals surface area contributed by atoms with E-state index in [9.17, 15) is 4.79 Å². The number of carbonyl (C=O) groups is 1. The van der Waals surface area contributed by atoms with E-state index in [2.05, 4.69) is 43.4 Å². The van der Waals surface area contributed by atoms with Gasteiger partial charge in [0.15, 0.2) is 0 Å². The van der Waals surface area contributed by atoms with E-state index in [4.69, 9.17) is 10.5 Å². The number of methoxy groups -OCH3 is 1. The van der Waals surface area contributed by atoms with E-state index in [1.54, 1.807) is 18.4 Å². The monoisotopic (exact) mass is 382 g/mol. The van der Waals surface area contributed by atoms with Crippen LogP contribution in [0.25, 0.3) is 0 Å². The topological polar surface area (TPSA) is 64.3 Å². The number of benzene rings is 1. The molecule has 0 radical (unpaired) electrons. The number of ether oxygens (including phenoxy) is 1. The van der Waals surface area contributed by atoms with Gasteiger partial charge in [-0.05, 0) is 28.5 Å². The third-order valence-corrected chi connectivity index (χ3v) is 5.02. The highest BCUT2D eigenvalue weighted by atomic mass is 35.5. The van der Waals surface area contributed by atoms with Crippen LogP contribution in [0.3, 0.4) is 0 Å². The van der Waals surface area contributed by atoms with Crippen LogP contribution in [0.4, 0.5) is 0 Å². The molecule has 0 bridgehead atoms. The Kier molecular flexibility index (Phi) is 9.14. The fourth-order valence-corrected chi connectivity index (χ4v) is 3.34. The number of nitrogens with one attached hydrogen (secondary N) is 1. The quantitative estimate of drug-likeness (QED) is 0.728. The molecule has 1 amide bonds. The Balaban J connectivity index is 0.00000312. The molecule has 0 aliphatic heterocycles. The molecule has 25 heavy (non-hydrogen) atoms. The van der Waals surface area contributed by atoms with E-state index in [1.807, 2.05) is 17.5 Å². The van der Waals surface area contributed by atoms with Crippen molar-refractivity contribution in [3.8, 4) is 0 Å². The SMILES string of the molecule is COC(CN)CC(=O)NC(c1ccc(C(C)C)cc1)c1cccs1.Cl. The molecule has 1 aromatic carbocycles. The van der Waals surface area contributed by atoms with Gasteiger partial charge in [0.1, 0.15) is 0 Å². The van der Waals surface area contributed by atoms with Crippen molar-refractivity contribution in [3.05, 3.63) is 57.8 Å². The van der Waals surface area contributed by atoms with Crippen molar-refractivity contribution < 1.29 is 9.53 Å². The standard InChI is InChI=1S/C19H26N2O2S.ClH/c1-13(2)14-6-8-15(9-7-14)19(17-5-4-10-24-17)21-18(22)11-16(12-20)23-3;/h4-10,13,16,19H,11-12,20H2,1-3H3,(H,21,22);1H. The molecule has 2 aromatic rings. The van der Waals surface area contributed by atoms with E-state index >= 15 is 0 Å². The summed E-state index contributed by atoms with van der Waals surface area (Å²) < 4.78 is 5.21. The molecule has 1 aromatic heterocycles. The highest BCUT2D eigenvalue weighted by molar-refractivity contribution is 7.10. The minimum Gasteiger partial charge on any atom is -0.380 e. The third-order valence-electron chi connectivity index (χ3n) is 4.08. The Labute approximate surface area is 160 Å². The highest BCUT2D eigenvalue weighted by Crippen LogP contribution is 2.27. The average Bonchev–Trinajstić information content (AvgIpc) is 3.12. The molecule has 138 valence electrons. The first-order valence-electron chi connectivity index (χ1n) is 8.20. The van der Waals surface area contributed by atoms with Crippen LogP contribution in [0.2, 0.25) is 0 Å². The third kappa shape index (κ3) is 6.12. The lowest BCUT2D eigenvalue weighted by atomic mass is 9.98. The van der Waals surface area contributed by atoms with E-state index in [1.165, 1.54) is 5.56 Å². The van der Waals surface area contributed by atoms with Gasteiger partial charge in [0.2, 0.25) is 5.91 Å². The molecule has 4 nitrogen and oxygen atoms in total. The normalized spacial score (nSPS) is 13.2. The zero-order valence-electron chi connectivity index (χ0n) is 14.9. The van der Waals surface area contributed by atoms with Gasteiger partial charge in [-0.2, -0.15) is 0 Å². The first-order valence-corrected chi connectivity index (χ1v) is 9.08. The molecule has 0 aliphatic rings. The van der Waals surface area contributed by atoms with Gasteiger partial charge in [0, 0.05) is 18.5 Å². The van der Waals surface area contributed by atoms with E-state index < -0.39 is 0 Å². The van der Waals surface area contributed by atoms with Crippen LogP contribution in [0, 0.1) is 0 Å². The number of hydrogen-bond donors (Lipinski definition) is 2. The molecule has 0 spiro atoms. The smallest absolute Gasteiger partial charge is 0.223 e. The largest absolute Gasteiger partial charge is 0.380 e. The van der Waals surface area contributed by atoms with Gasteiger partial charge in [0.25, 0.3) is 0 Å². The number of thiophene rings is 1. The minimum atomic E-state index is -0.252. The van der Waals surface area contributed by atoms with Crippen LogP contribution >= 0.6 is 23.7 Å². The summed E-state index contributed by atoms with van der Waals surface area (Å²) in [4.78, 5) is 13.5. The molecular formula is C19H27ClN2O2S. The first kappa shape index (κ1) is 21.6. The minimum absolute atomic E-state index is 0. The van der Waals surface area contributed by atoms with Crippen LogP contribution in [-0.4, -0.2) is 25.7 Å². The van der Waals surface area contributed by atoms with Crippen molar-refractivity contribution in [2.75, 3.05) is 13.7 Å². The van der Waals surface area contributed by atoms with Crippen LogP contribution < -0.4 is 11.1 Å². The van der Waals surface area contributed by atoms with Gasteiger partial charge in [-0.3, -0.25) is 4.79 Å². The summed E-state index contributed by atoms with van der Waals surface area (Å²) in [6, 6.07) is 12.3. The second kappa shape index (κ2) is 10.6. The van der Waals surface area contributed by atoms with Crippen LogP contribution in [0.15, 0.2) is 41.8 Å². The van der Waals surface area contributed by atoms with Crippen molar-refractivity contribution >= 4 is 29.7 Å². The van der Waals surface area contributed by atoms with Crippen molar-refractivity contribution in [1.82, 2.24) is 5.32 Å². The fraction of sp³-hybridized carbons (Fsp3) is 0.421. The molecule has 1 heterocycles. The number of halogens is 1. The number of nitrogens with two attached hydrogens (primary N) is 1. The second-order valence-electron chi connectivity index (χ2n) is 6.13. The van der Waals surface area contributed by atoms with Gasteiger partial charge in [-0.1, -0.05) is 44.2 Å². The maximum absolute atomic E-state index is 12.4. The first-order chi connectivity index (χ1) is 11.5. The van der Waals surface area contributed by atoms with Gasteiger partial charge < -0.3 is 15.8 Å².